The highest BCUT2D eigenvalue weighted by atomic mass is 32.2. The van der Waals surface area contributed by atoms with E-state index < -0.39 is 16.1 Å². The molecule has 3 aromatic carbocycles. The van der Waals surface area contributed by atoms with Crippen molar-refractivity contribution in [2.75, 3.05) is 19.5 Å². The van der Waals surface area contributed by atoms with Crippen LogP contribution in [0, 0.1) is 10.1 Å². The van der Waals surface area contributed by atoms with Gasteiger partial charge in [0.2, 0.25) is 0 Å². The number of esters is 1. The topological polar surface area (TPSA) is 95.7 Å². The Bertz CT molecular complexity index is 1080. The number of hydrogen-bond donors (Lipinski definition) is 0. The average molecular weight is 466 g/mol. The summed E-state index contributed by atoms with van der Waals surface area (Å²) in [5.74, 6) is 0.320. The third kappa shape index (κ3) is 6.92. The Morgan fingerprint density at radius 1 is 0.939 bits per heavy atom. The number of hydrogen-bond acceptors (Lipinski definition) is 7. The van der Waals surface area contributed by atoms with Crippen molar-refractivity contribution < 1.29 is 24.0 Å². The summed E-state index contributed by atoms with van der Waals surface area (Å²) >= 11 is 1.28. The molecular formula is C25H23NO6S. The minimum absolute atomic E-state index is 0.0134. The van der Waals surface area contributed by atoms with Gasteiger partial charge in [-0.3, -0.25) is 19.7 Å². The highest BCUT2D eigenvalue weighted by Gasteiger charge is 2.24. The van der Waals surface area contributed by atoms with Gasteiger partial charge in [0.25, 0.3) is 5.69 Å². The summed E-state index contributed by atoms with van der Waals surface area (Å²) in [4.78, 5) is 35.2. The highest BCUT2D eigenvalue weighted by molar-refractivity contribution is 8.00. The molecule has 0 bridgehead atoms. The Morgan fingerprint density at radius 3 is 2.18 bits per heavy atom. The van der Waals surface area contributed by atoms with Crippen molar-refractivity contribution in [2.45, 2.75) is 11.7 Å². The smallest absolute Gasteiger partial charge is 0.319 e. The van der Waals surface area contributed by atoms with Crippen LogP contribution in [0.3, 0.4) is 0 Å². The standard InChI is InChI=1S/C25H23NO6S/c1-31-25(28)24(33-16-15-32-22-13-11-21(12-14-22)26(29)30)17-23(27)20-9-7-19(8-10-20)18-5-3-2-4-6-18/h2-14,24H,15-17H2,1H3. The molecule has 1 atom stereocenters. The molecule has 0 amide bonds. The fraction of sp³-hybridized carbons (Fsp3) is 0.200. The Labute approximate surface area is 195 Å². The van der Waals surface area contributed by atoms with Crippen LogP contribution in [0.2, 0.25) is 0 Å². The number of ketones is 1. The molecule has 7 nitrogen and oxygen atoms in total. The van der Waals surface area contributed by atoms with E-state index in [4.69, 9.17) is 9.47 Å². The zero-order valence-corrected chi connectivity index (χ0v) is 18.8. The van der Waals surface area contributed by atoms with E-state index in [-0.39, 0.29) is 24.5 Å². The van der Waals surface area contributed by atoms with Crippen LogP contribution in [0.1, 0.15) is 16.8 Å². The molecule has 0 spiro atoms. The van der Waals surface area contributed by atoms with Crippen molar-refractivity contribution in [1.82, 2.24) is 0 Å². The number of benzene rings is 3. The number of ether oxygens (including phenoxy) is 2. The molecule has 3 rings (SSSR count). The Balaban J connectivity index is 1.53. The summed E-state index contributed by atoms with van der Waals surface area (Å²) in [6, 6.07) is 22.9. The Kier molecular flexibility index (Phi) is 8.60. The molecule has 0 aliphatic carbocycles. The molecule has 0 N–H and O–H groups in total. The van der Waals surface area contributed by atoms with E-state index in [1.807, 2.05) is 42.5 Å². The summed E-state index contributed by atoms with van der Waals surface area (Å²) < 4.78 is 10.4. The highest BCUT2D eigenvalue weighted by Crippen LogP contribution is 2.23. The van der Waals surface area contributed by atoms with Crippen molar-refractivity contribution in [3.63, 3.8) is 0 Å². The van der Waals surface area contributed by atoms with Gasteiger partial charge in [0.1, 0.15) is 11.0 Å². The lowest BCUT2D eigenvalue weighted by molar-refractivity contribution is -0.384. The minimum Gasteiger partial charge on any atom is -0.493 e. The van der Waals surface area contributed by atoms with Crippen LogP contribution in [0.25, 0.3) is 11.1 Å². The van der Waals surface area contributed by atoms with Crippen LogP contribution < -0.4 is 4.74 Å². The molecule has 8 heteroatoms. The number of nitro groups is 1. The van der Waals surface area contributed by atoms with Crippen molar-refractivity contribution in [3.05, 3.63) is 94.5 Å². The first-order valence-corrected chi connectivity index (χ1v) is 11.3. The maximum atomic E-state index is 12.8. The third-order valence-electron chi connectivity index (χ3n) is 4.87. The fourth-order valence-corrected chi connectivity index (χ4v) is 4.09. The molecule has 3 aromatic rings. The number of rotatable bonds is 11. The maximum absolute atomic E-state index is 12.8. The zero-order valence-electron chi connectivity index (χ0n) is 18.0. The van der Waals surface area contributed by atoms with Gasteiger partial charge in [-0.05, 0) is 23.3 Å². The molecule has 0 saturated heterocycles. The van der Waals surface area contributed by atoms with Gasteiger partial charge in [-0.2, -0.15) is 0 Å². The van der Waals surface area contributed by atoms with E-state index >= 15 is 0 Å². The normalized spacial score (nSPS) is 11.4. The first kappa shape index (κ1) is 24.0. The number of carbonyl (C=O) groups is 2. The maximum Gasteiger partial charge on any atom is 0.319 e. The molecule has 0 aliphatic rings. The van der Waals surface area contributed by atoms with Gasteiger partial charge in [-0.1, -0.05) is 54.6 Å². The van der Waals surface area contributed by atoms with Gasteiger partial charge >= 0.3 is 5.97 Å². The van der Waals surface area contributed by atoms with Crippen LogP contribution in [0.5, 0.6) is 5.75 Å². The lowest BCUT2D eigenvalue weighted by Crippen LogP contribution is -2.23. The van der Waals surface area contributed by atoms with Crippen molar-refractivity contribution in [1.29, 1.82) is 0 Å². The van der Waals surface area contributed by atoms with Crippen LogP contribution in [0.15, 0.2) is 78.9 Å². The zero-order chi connectivity index (χ0) is 23.6. The lowest BCUT2D eigenvalue weighted by Gasteiger charge is -2.14. The van der Waals surface area contributed by atoms with Gasteiger partial charge in [-0.25, -0.2) is 0 Å². The van der Waals surface area contributed by atoms with Crippen LogP contribution in [-0.4, -0.2) is 41.4 Å². The van der Waals surface area contributed by atoms with E-state index in [9.17, 15) is 19.7 Å². The molecule has 0 heterocycles. The molecular weight excluding hydrogens is 442 g/mol. The Hall–Kier alpha value is -3.65. The van der Waals surface area contributed by atoms with E-state index in [1.165, 1.54) is 43.1 Å². The van der Waals surface area contributed by atoms with Gasteiger partial charge in [-0.15, -0.1) is 11.8 Å². The second kappa shape index (κ2) is 11.8. The molecule has 0 radical (unpaired) electrons. The fourth-order valence-electron chi connectivity index (χ4n) is 3.12. The van der Waals surface area contributed by atoms with Gasteiger partial charge < -0.3 is 9.47 Å². The summed E-state index contributed by atoms with van der Waals surface area (Å²) in [5.41, 5.74) is 2.59. The quantitative estimate of drug-likeness (QED) is 0.126. The number of methoxy groups -OCH3 is 1. The number of nitro benzene ring substituents is 1. The SMILES string of the molecule is COC(=O)C(CC(=O)c1ccc(-c2ccccc2)cc1)SCCOc1ccc([N+](=O)[O-])cc1. The second-order valence-electron chi connectivity index (χ2n) is 7.05. The van der Waals surface area contributed by atoms with E-state index in [0.717, 1.165) is 11.1 Å². The molecule has 170 valence electrons. The van der Waals surface area contributed by atoms with Gasteiger partial charge in [0.05, 0.1) is 18.6 Å². The first-order valence-electron chi connectivity index (χ1n) is 10.2. The Morgan fingerprint density at radius 2 is 1.58 bits per heavy atom. The molecule has 0 saturated carbocycles. The predicted molar refractivity (Wildman–Crippen MR) is 128 cm³/mol. The first-order chi connectivity index (χ1) is 16.0. The third-order valence-corrected chi connectivity index (χ3v) is 6.03. The summed E-state index contributed by atoms with van der Waals surface area (Å²) in [5, 5.41) is 10.0. The lowest BCUT2D eigenvalue weighted by atomic mass is 10.0. The summed E-state index contributed by atoms with van der Waals surface area (Å²) in [7, 11) is 1.29. The van der Waals surface area contributed by atoms with Crippen molar-refractivity contribution in [2.24, 2.45) is 0 Å². The van der Waals surface area contributed by atoms with Gasteiger partial charge in [0.15, 0.2) is 5.78 Å². The average Bonchev–Trinajstić information content (AvgIpc) is 2.86. The number of non-ortho nitro benzene ring substituents is 1. The van der Waals surface area contributed by atoms with Crippen LogP contribution in [-0.2, 0) is 9.53 Å². The number of carbonyl (C=O) groups excluding carboxylic acids is 2. The van der Waals surface area contributed by atoms with E-state index in [0.29, 0.717) is 17.1 Å². The molecule has 0 aliphatic heterocycles. The predicted octanol–water partition coefficient (Wildman–Crippen LogP) is 5.19. The van der Waals surface area contributed by atoms with Gasteiger partial charge in [0, 0.05) is 29.9 Å². The molecule has 33 heavy (non-hydrogen) atoms. The van der Waals surface area contributed by atoms with E-state index in [1.54, 1.807) is 12.1 Å². The monoisotopic (exact) mass is 465 g/mol. The number of thioether (sulfide) groups is 1. The van der Waals surface area contributed by atoms with Crippen LogP contribution >= 0.6 is 11.8 Å². The summed E-state index contributed by atoms with van der Waals surface area (Å²) in [6.07, 6.45) is 0.0134. The van der Waals surface area contributed by atoms with Crippen LogP contribution in [0.4, 0.5) is 5.69 Å². The molecule has 0 aromatic heterocycles. The molecule has 1 unspecified atom stereocenters. The van der Waals surface area contributed by atoms with Crippen molar-refractivity contribution in [3.8, 4) is 16.9 Å². The number of Topliss-reactive ketones (excluding diaryl/α,β-unsaturated/α-hetero) is 1. The molecule has 0 fully saturated rings. The summed E-state index contributed by atoms with van der Waals surface area (Å²) in [6.45, 7) is 0.274. The number of nitrogens with zero attached hydrogens (tertiary/aromatic N) is 1. The van der Waals surface area contributed by atoms with E-state index in [2.05, 4.69) is 0 Å². The van der Waals surface area contributed by atoms with Crippen molar-refractivity contribution >= 4 is 29.2 Å². The second-order valence-corrected chi connectivity index (χ2v) is 8.36. The minimum atomic E-state index is -0.656. The largest absolute Gasteiger partial charge is 0.493 e.